The monoisotopic (exact) mass is 2140 g/mol. The third-order valence-electron chi connectivity index (χ3n) is 12.3. The van der Waals surface area contributed by atoms with Gasteiger partial charge in [-0.3, -0.25) is 0 Å². The quantitative estimate of drug-likeness (QED) is 0.0762. The standard InChI is InChI=1S/H54O64Si38/c1-79(2)27-76-32-95-56-98(42-84(11,16-65)17-66)60-96-39-81(5,6)33-80(3,4)35-85(12,18-67)36-83(9,10)40-97(59-96)51-91(23-72)29-77-28-90(22-71,50-96)48-92(24-73)30-78-31-93(25-74,49-91)53-102-55-94(26-75)44-88(15,41-86(13,19-68)43-99(57-95,61-97)63-102)38-82(7,8)37-87(14,34-79)45-100(54-94,58-95)46-89(20-69,21-70)47-101(52-92,62-98)64-102/h1-15H,76-78H2,65-75H3. The summed E-state index contributed by atoms with van der Waals surface area (Å²) in [4.78, 5) is 185. The minimum absolute atomic E-state index is 0.795. The second-order valence-corrected chi connectivity index (χ2v) is 95.5. The van der Waals surface area contributed by atoms with Crippen molar-refractivity contribution >= 4 is 363 Å². The molecule has 13 heterocycles. The molecule has 13 rings (SSSR count). The molecule has 0 aromatic heterocycles. The molecule has 0 saturated carbocycles. The van der Waals surface area contributed by atoms with Gasteiger partial charge >= 0.3 is 217 Å². The van der Waals surface area contributed by atoms with Gasteiger partial charge in [-0.1, -0.05) is 0 Å². The van der Waals surface area contributed by atoms with Crippen LogP contribution in [-0.4, -0.2) is 434 Å². The van der Waals surface area contributed by atoms with E-state index in [1.807, 2.05) is 0 Å². The van der Waals surface area contributed by atoms with Gasteiger partial charge in [-0.2, -0.15) is 0 Å². The number of rotatable bonds is 13. The highest BCUT2D eigenvalue weighted by Gasteiger charge is 2.95. The molecule has 0 radical (unpaired) electrons. The Hall–Kier alpha value is 5.68. The summed E-state index contributed by atoms with van der Waals surface area (Å²) in [6, 6.07) is 0. The van der Waals surface area contributed by atoms with Crippen LogP contribution in [0.1, 0.15) is 0 Å². The second kappa shape index (κ2) is 29.3. The van der Waals surface area contributed by atoms with E-state index in [0.717, 1.165) is 0 Å². The molecule has 15 bridgehead atoms. The maximum atomic E-state index is 13.4. The van der Waals surface area contributed by atoms with Crippen LogP contribution in [0.15, 0.2) is 0 Å². The van der Waals surface area contributed by atoms with E-state index in [-0.39, 0.29) is 0 Å². The molecule has 13 fully saturated rings. The summed E-state index contributed by atoms with van der Waals surface area (Å²) in [6.07, 6.45) is 0. The second-order valence-electron chi connectivity index (χ2n) is 19.1. The first-order valence-electron chi connectivity index (χ1n) is 26.1. The molecule has 15 N–H and O–H groups in total. The fourth-order valence-electron chi connectivity index (χ4n) is 8.55. The van der Waals surface area contributed by atoms with Crippen LogP contribution in [0.3, 0.4) is 0 Å². The summed E-state index contributed by atoms with van der Waals surface area (Å²) in [5.74, 6) is 0. The van der Waals surface area contributed by atoms with Gasteiger partial charge in [-0.15, -0.1) is 0 Å². The molecule has 102 heteroatoms. The highest BCUT2D eigenvalue weighted by Crippen LogP contribution is 2.53. The molecule has 0 aromatic carbocycles. The van der Waals surface area contributed by atoms with E-state index in [4.69, 9.17) is 202 Å². The van der Waals surface area contributed by atoms with Crippen molar-refractivity contribution in [1.29, 1.82) is 0 Å². The molecule has 17 atom stereocenters. The topological polar surface area (TPSA) is 756 Å². The lowest BCUT2D eigenvalue weighted by atomic mass is 15.5. The smallest absolute Gasteiger partial charge is 0.404 e. The van der Waals surface area contributed by atoms with Gasteiger partial charge in [-0.05, 0) is 0 Å². The lowest BCUT2D eigenvalue weighted by Crippen LogP contribution is -2.92. The summed E-state index contributed by atoms with van der Waals surface area (Å²) >= 11 is 0. The van der Waals surface area contributed by atoms with Gasteiger partial charge in [0.25, 0.3) is 30.0 Å². The average Bonchev–Trinajstić information content (AvgIpc) is 0.684. The summed E-state index contributed by atoms with van der Waals surface area (Å²) < 4.78 is 304. The van der Waals surface area contributed by atoms with Crippen molar-refractivity contribution in [1.82, 2.24) is 0 Å². The zero-order valence-corrected chi connectivity index (χ0v) is 102. The minimum Gasteiger partial charge on any atom is -0.404 e. The summed E-state index contributed by atoms with van der Waals surface area (Å²) in [5.41, 5.74) is 0. The third kappa shape index (κ3) is 17.9. The Morgan fingerprint density at radius 2 is 0.539 bits per heavy atom. The molecule has 13 saturated heterocycles. The molecule has 7 spiro atoms. The summed E-state index contributed by atoms with van der Waals surface area (Å²) in [5, 5.41) is 0. The van der Waals surface area contributed by atoms with Crippen molar-refractivity contribution in [2.24, 2.45) is 0 Å². The molecular weight excluding hydrogens is 2090 g/mol. The van der Waals surface area contributed by atoms with Crippen molar-refractivity contribution in [3.8, 4) is 0 Å². The van der Waals surface area contributed by atoms with E-state index in [0.29, 0.717) is 0 Å². The first-order valence-corrected chi connectivity index (χ1v) is 78.3. The first-order chi connectivity index (χ1) is 46.9. The van der Waals surface area contributed by atoms with E-state index in [1.165, 1.54) is 0 Å². The van der Waals surface area contributed by atoms with Crippen LogP contribution in [0, 0.1) is 0 Å². The maximum Gasteiger partial charge on any atom is 0.662 e. The van der Waals surface area contributed by atoms with Crippen LogP contribution in [0.2, 0.25) is 0 Å². The van der Waals surface area contributed by atoms with E-state index < -0.39 is 363 Å². The molecule has 13 aliphatic rings. The molecule has 13 aliphatic heterocycles. The Balaban J connectivity index is 1.42. The van der Waals surface area contributed by atoms with Gasteiger partial charge < -0.3 is 274 Å². The van der Waals surface area contributed by atoms with Gasteiger partial charge in [0.15, 0.2) is 0 Å². The number of hydrogen-bond acceptors (Lipinski definition) is 64. The van der Waals surface area contributed by atoms with E-state index in [2.05, 4.69) is 0 Å². The molecule has 0 amide bonds. The fraction of sp³-hybridized carbons (Fsp3) is 0. The SMILES string of the molecule is O[Si]1(O)O[Si](O)(O)O[Si]23O[Si]4(O[SiH3])O[SiH2]O[Si]5(O[SiH3])O[Si]6(O[SiH3])O[SiH2]O[Si](O[SiH3])(O4)O[Si]47O[Si](O[SiH3])(O[SiH3])O[Si]89O[Si]%10(O)O[Si](O)(O)O[SiH2]O[Si](O8)(O[Si](O[Si](O)(O[SiH3])O[SiH3])(O2)O4)O[Si]2(O[Si](O)(O[SiH3])O[Si](O)(O[Si](O)(O)O%10)O[Si](O[SiH3])(O9)O[Si](O6)(O2)O7)O[Si](O[Si](O)(O)O[Si](O)(O[SiH3])O1)(O5)O3. The fourth-order valence-corrected chi connectivity index (χ4v) is 132. The van der Waals surface area contributed by atoms with Gasteiger partial charge in [0.2, 0.25) is 0 Å². The Morgan fingerprint density at radius 3 is 0.971 bits per heavy atom. The lowest BCUT2D eigenvalue weighted by Gasteiger charge is -2.57. The van der Waals surface area contributed by atoms with E-state index >= 15 is 0 Å². The Bertz CT molecular complexity index is 3050. The van der Waals surface area contributed by atoms with Crippen molar-refractivity contribution < 1.29 is 274 Å². The van der Waals surface area contributed by atoms with Gasteiger partial charge in [0, 0.05) is 0 Å². The van der Waals surface area contributed by atoms with Crippen LogP contribution < -0.4 is 0 Å². The Labute approximate surface area is 630 Å². The predicted octanol–water partition coefficient (Wildman–Crippen LogP) is -36.6. The predicted molar refractivity (Wildman–Crippen MR) is 360 cm³/mol. The average molecular weight is 2150 g/mol. The highest BCUT2D eigenvalue weighted by molar-refractivity contribution is 7.03. The highest BCUT2D eigenvalue weighted by atomic mass is 28.7. The zero-order chi connectivity index (χ0) is 74.8. The van der Waals surface area contributed by atoms with Gasteiger partial charge in [-0.25, -0.2) is 0 Å². The number of fused-ring (bicyclic) bond motifs is 8. The lowest BCUT2D eigenvalue weighted by molar-refractivity contribution is -0.128. The maximum absolute atomic E-state index is 13.4. The Kier molecular flexibility index (Phi) is 25.0. The first kappa shape index (κ1) is 87.0. The number of hydrogen-bond donors (Lipinski definition) is 15. The van der Waals surface area contributed by atoms with Crippen molar-refractivity contribution in [2.45, 2.75) is 0 Å². The normalized spacial score (nSPS) is 52.1. The molecule has 590 valence electrons. The largest absolute Gasteiger partial charge is 0.662 e. The van der Waals surface area contributed by atoms with Crippen LogP contribution in [-0.2, 0) is 202 Å². The van der Waals surface area contributed by atoms with Gasteiger partial charge in [0.1, 0.15) is 115 Å². The zero-order valence-electron chi connectivity index (χ0n) is 51.8. The molecule has 102 heavy (non-hydrogen) atoms. The molecule has 0 aliphatic carbocycles. The summed E-state index contributed by atoms with van der Waals surface area (Å²) in [6.45, 7) is 0. The molecule has 17 unspecified atom stereocenters. The molecule has 0 aromatic rings. The minimum atomic E-state index is -8.00. The summed E-state index contributed by atoms with van der Waals surface area (Å²) in [7, 11) is -192. The van der Waals surface area contributed by atoms with Gasteiger partial charge in [0.05, 0.1) is 0 Å². The molecule has 64 nitrogen and oxygen atoms in total. The van der Waals surface area contributed by atoms with Crippen molar-refractivity contribution in [2.75, 3.05) is 0 Å². The Morgan fingerprint density at radius 1 is 0.225 bits per heavy atom. The third-order valence-corrected chi connectivity index (χ3v) is 111. The van der Waals surface area contributed by atoms with Crippen LogP contribution in [0.4, 0.5) is 0 Å². The molecular formula is H54O64Si38. The van der Waals surface area contributed by atoms with Crippen molar-refractivity contribution in [3.05, 3.63) is 0 Å². The van der Waals surface area contributed by atoms with Crippen LogP contribution in [0.5, 0.6) is 0 Å². The van der Waals surface area contributed by atoms with E-state index in [9.17, 15) is 71.9 Å². The van der Waals surface area contributed by atoms with E-state index in [1.54, 1.807) is 0 Å². The van der Waals surface area contributed by atoms with Crippen LogP contribution >= 0.6 is 0 Å². The van der Waals surface area contributed by atoms with Crippen molar-refractivity contribution in [3.63, 3.8) is 0 Å². The van der Waals surface area contributed by atoms with Crippen LogP contribution in [0.25, 0.3) is 0 Å².